The Morgan fingerprint density at radius 2 is 1.52 bits per heavy atom. The van der Waals surface area contributed by atoms with Crippen LogP contribution in [-0.4, -0.2) is 53.4 Å². The molecule has 0 N–H and O–H groups in total. The van der Waals surface area contributed by atoms with E-state index < -0.39 is 17.8 Å². The van der Waals surface area contributed by atoms with E-state index in [9.17, 15) is 14.4 Å². The van der Waals surface area contributed by atoms with Crippen molar-refractivity contribution in [2.45, 2.75) is 26.8 Å². The lowest BCUT2D eigenvalue weighted by Gasteiger charge is -2.18. The van der Waals surface area contributed by atoms with Gasteiger partial charge in [0, 0.05) is 6.04 Å². The van der Waals surface area contributed by atoms with Gasteiger partial charge < -0.3 is 9.47 Å². The molecule has 23 heavy (non-hydrogen) atoms. The second kappa shape index (κ2) is 7.13. The van der Waals surface area contributed by atoms with Crippen molar-refractivity contribution in [1.29, 1.82) is 0 Å². The van der Waals surface area contributed by atoms with Gasteiger partial charge in [-0.3, -0.25) is 19.4 Å². The van der Waals surface area contributed by atoms with Crippen LogP contribution in [0.3, 0.4) is 0 Å². The molecule has 1 heterocycles. The van der Waals surface area contributed by atoms with Crippen molar-refractivity contribution in [3.05, 3.63) is 24.3 Å². The number of benzene rings is 1. The van der Waals surface area contributed by atoms with Crippen molar-refractivity contribution in [2.24, 2.45) is 0 Å². The maximum Gasteiger partial charge on any atom is 0.334 e. The summed E-state index contributed by atoms with van der Waals surface area (Å²) in [6, 6.07) is 6.08. The third-order valence-corrected chi connectivity index (χ3v) is 3.32. The van der Waals surface area contributed by atoms with E-state index in [4.69, 9.17) is 9.47 Å². The molecule has 124 valence electrons. The number of carbonyl (C=O) groups is 3. The lowest BCUT2D eigenvalue weighted by atomic mass is 10.3. The Hall–Kier alpha value is -2.57. The van der Waals surface area contributed by atoms with Gasteiger partial charge in [-0.15, -0.1) is 0 Å². The summed E-state index contributed by atoms with van der Waals surface area (Å²) in [6.07, 6.45) is 0. The minimum atomic E-state index is -0.806. The number of hydrogen-bond donors (Lipinski definition) is 0. The normalized spacial score (nSPS) is 14.9. The van der Waals surface area contributed by atoms with Crippen molar-refractivity contribution < 1.29 is 23.9 Å². The van der Waals surface area contributed by atoms with Gasteiger partial charge in [0.05, 0.1) is 13.2 Å². The summed E-state index contributed by atoms with van der Waals surface area (Å²) >= 11 is 0. The Labute approximate surface area is 134 Å². The number of nitrogens with zero attached hydrogens (tertiary/aromatic N) is 2. The van der Waals surface area contributed by atoms with E-state index in [1.165, 1.54) is 0 Å². The molecule has 1 aliphatic rings. The highest BCUT2D eigenvalue weighted by atomic mass is 16.5. The van der Waals surface area contributed by atoms with Crippen LogP contribution >= 0.6 is 0 Å². The van der Waals surface area contributed by atoms with Crippen molar-refractivity contribution in [3.63, 3.8) is 0 Å². The third-order valence-electron chi connectivity index (χ3n) is 3.32. The van der Waals surface area contributed by atoms with Crippen molar-refractivity contribution in [1.82, 2.24) is 9.80 Å². The molecule has 1 saturated heterocycles. The van der Waals surface area contributed by atoms with Crippen LogP contribution in [0.5, 0.6) is 11.5 Å². The summed E-state index contributed by atoms with van der Waals surface area (Å²) < 4.78 is 10.8. The highest BCUT2D eigenvalue weighted by Crippen LogP contribution is 2.18. The molecule has 0 bridgehead atoms. The first kappa shape index (κ1) is 16.8. The molecule has 2 rings (SSSR count). The number of imide groups is 2. The van der Waals surface area contributed by atoms with Crippen LogP contribution in [0, 0.1) is 0 Å². The summed E-state index contributed by atoms with van der Waals surface area (Å²) in [5.41, 5.74) is 0. The summed E-state index contributed by atoms with van der Waals surface area (Å²) in [6.45, 7) is 5.99. The number of hydrogen-bond acceptors (Lipinski definition) is 5. The van der Waals surface area contributed by atoms with Crippen LogP contribution in [0.15, 0.2) is 24.3 Å². The number of rotatable bonds is 7. The minimum absolute atomic E-state index is 0.0276. The maximum atomic E-state index is 12.1. The molecule has 1 aliphatic heterocycles. The molecule has 1 aromatic carbocycles. The van der Waals surface area contributed by atoms with E-state index in [2.05, 4.69) is 0 Å². The first-order valence-corrected chi connectivity index (χ1v) is 7.50. The Bertz CT molecular complexity index is 597. The van der Waals surface area contributed by atoms with E-state index in [-0.39, 0.29) is 19.2 Å². The number of ether oxygens (including phenoxy) is 2. The van der Waals surface area contributed by atoms with E-state index in [0.29, 0.717) is 12.4 Å². The molecular formula is C16H20N2O5. The van der Waals surface area contributed by atoms with Gasteiger partial charge >= 0.3 is 17.8 Å². The average molecular weight is 320 g/mol. The van der Waals surface area contributed by atoms with Gasteiger partial charge in [-0.05, 0) is 45.0 Å². The van der Waals surface area contributed by atoms with Gasteiger partial charge in [0.2, 0.25) is 0 Å². The Balaban J connectivity index is 1.90. The molecular weight excluding hydrogens is 300 g/mol. The fraction of sp³-hybridized carbons (Fsp3) is 0.438. The van der Waals surface area contributed by atoms with Gasteiger partial charge in [-0.25, -0.2) is 4.79 Å². The minimum Gasteiger partial charge on any atom is -0.494 e. The van der Waals surface area contributed by atoms with Crippen molar-refractivity contribution in [3.8, 4) is 11.5 Å². The fourth-order valence-corrected chi connectivity index (χ4v) is 2.23. The Kier molecular flexibility index (Phi) is 5.20. The molecule has 7 heteroatoms. The molecule has 0 aliphatic carbocycles. The second-order valence-electron chi connectivity index (χ2n) is 5.26. The summed E-state index contributed by atoms with van der Waals surface area (Å²) in [5, 5.41) is 0. The van der Waals surface area contributed by atoms with Crippen LogP contribution in [-0.2, 0) is 9.59 Å². The van der Waals surface area contributed by atoms with Crippen molar-refractivity contribution in [2.75, 3.05) is 19.8 Å². The number of urea groups is 1. The monoisotopic (exact) mass is 320 g/mol. The predicted octanol–water partition coefficient (Wildman–Crippen LogP) is 1.66. The Morgan fingerprint density at radius 1 is 0.957 bits per heavy atom. The van der Waals surface area contributed by atoms with E-state index >= 15 is 0 Å². The molecule has 1 fully saturated rings. The van der Waals surface area contributed by atoms with E-state index in [0.717, 1.165) is 15.5 Å². The summed E-state index contributed by atoms with van der Waals surface area (Å²) in [5.74, 6) is -0.257. The zero-order valence-electron chi connectivity index (χ0n) is 13.4. The number of carbonyl (C=O) groups excluding carboxylic acids is 3. The molecule has 0 spiro atoms. The van der Waals surface area contributed by atoms with Crippen LogP contribution < -0.4 is 9.47 Å². The largest absolute Gasteiger partial charge is 0.494 e. The first-order valence-electron chi connectivity index (χ1n) is 7.50. The van der Waals surface area contributed by atoms with Crippen LogP contribution in [0.2, 0.25) is 0 Å². The molecule has 0 unspecified atom stereocenters. The highest BCUT2D eigenvalue weighted by molar-refractivity contribution is 6.44. The van der Waals surface area contributed by atoms with E-state index in [1.54, 1.807) is 38.1 Å². The quantitative estimate of drug-likeness (QED) is 0.564. The maximum absolute atomic E-state index is 12.1. The standard InChI is InChI=1S/C16H20N2O5/c1-4-22-12-5-7-13(8-6-12)23-10-9-17-14(19)15(20)18(11(2)3)16(17)21/h5-8,11H,4,9-10H2,1-3H3. The molecule has 4 amide bonds. The van der Waals surface area contributed by atoms with Gasteiger partial charge in [-0.1, -0.05) is 0 Å². The van der Waals surface area contributed by atoms with E-state index in [1.807, 2.05) is 6.92 Å². The lowest BCUT2D eigenvalue weighted by molar-refractivity contribution is -0.143. The highest BCUT2D eigenvalue weighted by Gasteiger charge is 2.45. The summed E-state index contributed by atoms with van der Waals surface area (Å²) in [4.78, 5) is 37.5. The number of amides is 4. The van der Waals surface area contributed by atoms with Crippen LogP contribution in [0.25, 0.3) is 0 Å². The second-order valence-corrected chi connectivity index (χ2v) is 5.26. The fourth-order valence-electron chi connectivity index (χ4n) is 2.23. The third kappa shape index (κ3) is 3.61. The van der Waals surface area contributed by atoms with Gasteiger partial charge in [-0.2, -0.15) is 0 Å². The topological polar surface area (TPSA) is 76.2 Å². The van der Waals surface area contributed by atoms with Crippen LogP contribution in [0.1, 0.15) is 20.8 Å². The molecule has 1 aromatic rings. The predicted molar refractivity (Wildman–Crippen MR) is 82.2 cm³/mol. The Morgan fingerprint density at radius 3 is 2.00 bits per heavy atom. The van der Waals surface area contributed by atoms with Gasteiger partial charge in [0.1, 0.15) is 18.1 Å². The molecule has 0 aromatic heterocycles. The zero-order valence-corrected chi connectivity index (χ0v) is 13.4. The zero-order chi connectivity index (χ0) is 17.0. The molecule has 0 saturated carbocycles. The first-order chi connectivity index (χ1) is 11.0. The lowest BCUT2D eigenvalue weighted by Crippen LogP contribution is -2.39. The summed E-state index contributed by atoms with van der Waals surface area (Å²) in [7, 11) is 0. The van der Waals surface area contributed by atoms with Gasteiger partial charge in [0.15, 0.2) is 0 Å². The van der Waals surface area contributed by atoms with Crippen LogP contribution in [0.4, 0.5) is 4.79 Å². The molecule has 0 radical (unpaired) electrons. The smallest absolute Gasteiger partial charge is 0.334 e. The van der Waals surface area contributed by atoms with Crippen molar-refractivity contribution >= 4 is 17.8 Å². The molecule has 7 nitrogen and oxygen atoms in total. The van der Waals surface area contributed by atoms with Gasteiger partial charge in [0.25, 0.3) is 0 Å². The molecule has 0 atom stereocenters. The average Bonchev–Trinajstić information content (AvgIpc) is 2.72. The SMILES string of the molecule is CCOc1ccc(OCCN2C(=O)C(=O)N(C(C)C)C2=O)cc1.